The van der Waals surface area contributed by atoms with E-state index < -0.39 is 15.5 Å². The van der Waals surface area contributed by atoms with Crippen molar-refractivity contribution < 1.29 is 22.7 Å². The van der Waals surface area contributed by atoms with Gasteiger partial charge in [0.2, 0.25) is 0 Å². The zero-order valence-electron chi connectivity index (χ0n) is 15.4. The fraction of sp³-hybridized carbons (Fsp3) is 0.200. The summed E-state index contributed by atoms with van der Waals surface area (Å²) in [6.07, 6.45) is 1.18. The number of hydrogen-bond donors (Lipinski definition) is 1. The standard InChI is InChI=1S/C20H19NO6S/c1-3-26-14-7-5-13(6-8-14)18(22)12-17-20(23)27-19-10-9-15(11-16(19)21-17)28(24,25)4-2/h5-12,22H,3-4H2,1-2H3. The van der Waals surface area contributed by atoms with Crippen LogP contribution < -0.4 is 10.4 Å². The van der Waals surface area contributed by atoms with Gasteiger partial charge in [-0.1, -0.05) is 6.92 Å². The summed E-state index contributed by atoms with van der Waals surface area (Å²) in [6.45, 7) is 3.94. The molecule has 0 aliphatic heterocycles. The molecule has 1 heterocycles. The second-order valence-corrected chi connectivity index (χ2v) is 8.18. The van der Waals surface area contributed by atoms with E-state index in [9.17, 15) is 18.3 Å². The molecule has 0 atom stereocenters. The molecule has 0 saturated carbocycles. The van der Waals surface area contributed by atoms with Gasteiger partial charge in [0.25, 0.3) is 0 Å². The molecule has 1 aromatic heterocycles. The number of sulfone groups is 1. The van der Waals surface area contributed by atoms with E-state index in [-0.39, 0.29) is 33.2 Å². The highest BCUT2D eigenvalue weighted by Crippen LogP contribution is 2.21. The number of ether oxygens (including phenoxy) is 1. The Kier molecular flexibility index (Phi) is 5.51. The molecule has 2 aromatic carbocycles. The first-order valence-corrected chi connectivity index (χ1v) is 10.3. The Bertz CT molecular complexity index is 1190. The number of fused-ring (bicyclic) bond motifs is 1. The number of hydrogen-bond acceptors (Lipinski definition) is 7. The van der Waals surface area contributed by atoms with Crippen LogP contribution >= 0.6 is 0 Å². The highest BCUT2D eigenvalue weighted by Gasteiger charge is 2.14. The molecule has 3 aromatic rings. The van der Waals surface area contributed by atoms with E-state index in [1.54, 1.807) is 31.2 Å². The smallest absolute Gasteiger partial charge is 0.362 e. The molecule has 1 N–H and O–H groups in total. The topological polar surface area (TPSA) is 107 Å². The minimum absolute atomic E-state index is 0.0550. The van der Waals surface area contributed by atoms with Gasteiger partial charge in [0.05, 0.1) is 17.3 Å². The van der Waals surface area contributed by atoms with Crippen LogP contribution in [-0.4, -0.2) is 30.9 Å². The zero-order chi connectivity index (χ0) is 20.3. The molecular weight excluding hydrogens is 382 g/mol. The third-order valence-corrected chi connectivity index (χ3v) is 5.79. The number of aromatic nitrogens is 1. The van der Waals surface area contributed by atoms with Gasteiger partial charge in [0.15, 0.2) is 21.1 Å². The minimum Gasteiger partial charge on any atom is -0.507 e. The van der Waals surface area contributed by atoms with Gasteiger partial charge < -0.3 is 14.3 Å². The van der Waals surface area contributed by atoms with Crippen LogP contribution in [0.4, 0.5) is 0 Å². The Morgan fingerprint density at radius 3 is 2.54 bits per heavy atom. The molecular formula is C20H19NO6S. The van der Waals surface area contributed by atoms with Gasteiger partial charge in [0.1, 0.15) is 17.0 Å². The van der Waals surface area contributed by atoms with Crippen molar-refractivity contribution in [2.45, 2.75) is 18.7 Å². The monoisotopic (exact) mass is 401 g/mol. The molecule has 0 bridgehead atoms. The lowest BCUT2D eigenvalue weighted by Crippen LogP contribution is -2.08. The second-order valence-electron chi connectivity index (χ2n) is 5.91. The number of nitrogens with zero attached hydrogens (tertiary/aromatic N) is 1. The van der Waals surface area contributed by atoms with Crippen LogP contribution in [-0.2, 0) is 9.84 Å². The lowest BCUT2D eigenvalue weighted by molar-refractivity contribution is 0.340. The average molecular weight is 401 g/mol. The third-order valence-electron chi connectivity index (χ3n) is 4.06. The van der Waals surface area contributed by atoms with Crippen LogP contribution in [0.3, 0.4) is 0 Å². The SMILES string of the molecule is CCOc1ccc(C(O)=Cc2nc3cc(S(=O)(=O)CC)ccc3oc2=O)cc1. The van der Waals surface area contributed by atoms with Gasteiger partial charge in [-0.2, -0.15) is 0 Å². The summed E-state index contributed by atoms with van der Waals surface area (Å²) >= 11 is 0. The van der Waals surface area contributed by atoms with E-state index in [2.05, 4.69) is 4.98 Å². The summed E-state index contributed by atoms with van der Waals surface area (Å²) in [5, 5.41) is 10.3. The Morgan fingerprint density at radius 2 is 1.89 bits per heavy atom. The number of rotatable bonds is 6. The van der Waals surface area contributed by atoms with Crippen molar-refractivity contribution >= 4 is 32.8 Å². The molecule has 0 fully saturated rings. The summed E-state index contributed by atoms with van der Waals surface area (Å²) in [4.78, 5) is 16.4. The van der Waals surface area contributed by atoms with Crippen molar-refractivity contribution in [3.8, 4) is 5.75 Å². The van der Waals surface area contributed by atoms with Crippen LogP contribution in [0.25, 0.3) is 22.9 Å². The molecule has 0 saturated heterocycles. The molecule has 28 heavy (non-hydrogen) atoms. The summed E-state index contributed by atoms with van der Waals surface area (Å²) in [7, 11) is -3.42. The van der Waals surface area contributed by atoms with Crippen molar-refractivity contribution in [3.63, 3.8) is 0 Å². The van der Waals surface area contributed by atoms with Crippen molar-refractivity contribution in [2.24, 2.45) is 0 Å². The summed E-state index contributed by atoms with van der Waals surface area (Å²) in [6, 6.07) is 10.8. The lowest BCUT2D eigenvalue weighted by atomic mass is 10.1. The minimum atomic E-state index is -3.42. The maximum Gasteiger partial charge on any atom is 0.362 e. The van der Waals surface area contributed by atoms with Gasteiger partial charge in [-0.05, 0) is 49.4 Å². The first-order valence-electron chi connectivity index (χ1n) is 8.65. The quantitative estimate of drug-likeness (QED) is 0.631. The second kappa shape index (κ2) is 7.85. The van der Waals surface area contributed by atoms with E-state index in [1.165, 1.54) is 24.3 Å². The fourth-order valence-corrected chi connectivity index (χ4v) is 3.45. The van der Waals surface area contributed by atoms with Gasteiger partial charge in [-0.15, -0.1) is 0 Å². The van der Waals surface area contributed by atoms with E-state index in [1.807, 2.05) is 6.92 Å². The molecule has 8 heteroatoms. The molecule has 0 spiro atoms. The van der Waals surface area contributed by atoms with E-state index in [0.717, 1.165) is 0 Å². The zero-order valence-corrected chi connectivity index (χ0v) is 16.2. The van der Waals surface area contributed by atoms with E-state index >= 15 is 0 Å². The van der Waals surface area contributed by atoms with Crippen LogP contribution in [0.15, 0.2) is 56.6 Å². The maximum atomic E-state index is 12.2. The predicted octanol–water partition coefficient (Wildman–Crippen LogP) is 3.44. The Morgan fingerprint density at radius 1 is 1.18 bits per heavy atom. The Labute approximate surface area is 161 Å². The maximum absolute atomic E-state index is 12.2. The average Bonchev–Trinajstić information content (AvgIpc) is 2.69. The van der Waals surface area contributed by atoms with Gasteiger partial charge in [-0.25, -0.2) is 18.2 Å². The van der Waals surface area contributed by atoms with Gasteiger partial charge >= 0.3 is 5.63 Å². The first kappa shape index (κ1) is 19.6. The van der Waals surface area contributed by atoms with Crippen LogP contribution in [0, 0.1) is 0 Å². The van der Waals surface area contributed by atoms with Crippen molar-refractivity contribution in [3.05, 3.63) is 64.1 Å². The van der Waals surface area contributed by atoms with Crippen molar-refractivity contribution in [1.29, 1.82) is 0 Å². The summed E-state index contributed by atoms with van der Waals surface area (Å²) in [5.74, 6) is 0.423. The van der Waals surface area contributed by atoms with E-state index in [4.69, 9.17) is 9.15 Å². The molecule has 7 nitrogen and oxygen atoms in total. The van der Waals surface area contributed by atoms with Crippen molar-refractivity contribution in [2.75, 3.05) is 12.4 Å². The lowest BCUT2D eigenvalue weighted by Gasteiger charge is -2.05. The molecule has 0 radical (unpaired) electrons. The van der Waals surface area contributed by atoms with Crippen LogP contribution in [0.5, 0.6) is 5.75 Å². The fourth-order valence-electron chi connectivity index (χ4n) is 2.55. The molecule has 146 valence electrons. The molecule has 0 aliphatic carbocycles. The van der Waals surface area contributed by atoms with Gasteiger partial charge in [-0.3, -0.25) is 0 Å². The largest absolute Gasteiger partial charge is 0.507 e. The summed E-state index contributed by atoms with van der Waals surface area (Å²) in [5.41, 5.74) is -0.0364. The molecule has 3 rings (SSSR count). The van der Waals surface area contributed by atoms with Crippen LogP contribution in [0.2, 0.25) is 0 Å². The number of aliphatic hydroxyl groups is 1. The van der Waals surface area contributed by atoms with Crippen LogP contribution in [0.1, 0.15) is 25.1 Å². The normalized spacial score (nSPS) is 12.3. The Hall–Kier alpha value is -3.13. The summed E-state index contributed by atoms with van der Waals surface area (Å²) < 4.78 is 34.6. The predicted molar refractivity (Wildman–Crippen MR) is 106 cm³/mol. The van der Waals surface area contributed by atoms with E-state index in [0.29, 0.717) is 17.9 Å². The third kappa shape index (κ3) is 4.07. The van der Waals surface area contributed by atoms with Crippen molar-refractivity contribution in [1.82, 2.24) is 4.98 Å². The molecule has 0 unspecified atom stereocenters. The van der Waals surface area contributed by atoms with Gasteiger partial charge in [0, 0.05) is 11.6 Å². The highest BCUT2D eigenvalue weighted by atomic mass is 32.2. The molecule has 0 amide bonds. The number of benzene rings is 2. The highest BCUT2D eigenvalue weighted by molar-refractivity contribution is 7.91. The number of aliphatic hydroxyl groups excluding tert-OH is 1. The first-order chi connectivity index (χ1) is 13.3. The molecule has 0 aliphatic rings. The Balaban J connectivity index is 2.02.